The third-order valence-corrected chi connectivity index (χ3v) is 7.36. The predicted molar refractivity (Wildman–Crippen MR) is 184 cm³/mol. The largest absolute Gasteiger partial charge is 0.494 e. The van der Waals surface area contributed by atoms with E-state index in [-0.39, 0.29) is 45.9 Å². The zero-order chi connectivity index (χ0) is 36.6. The van der Waals surface area contributed by atoms with E-state index in [9.17, 15) is 34.2 Å². The number of aliphatic carboxylic acids is 2. The molecule has 1 amide bonds. The average Bonchev–Trinajstić information content (AvgIpc) is 3.07. The molecule has 1 unspecified atom stereocenters. The summed E-state index contributed by atoms with van der Waals surface area (Å²) in [5.41, 5.74) is 1.65. The number of nitrogens with one attached hydrogen (secondary N) is 1. The van der Waals surface area contributed by atoms with Crippen molar-refractivity contribution >= 4 is 30.0 Å². The van der Waals surface area contributed by atoms with E-state index >= 15 is 0 Å². The van der Waals surface area contributed by atoms with Gasteiger partial charge in [0.2, 0.25) is 0 Å². The van der Waals surface area contributed by atoms with Crippen molar-refractivity contribution in [3.8, 4) is 5.75 Å². The first kappa shape index (κ1) is 41.5. The summed E-state index contributed by atoms with van der Waals surface area (Å²) in [5.74, 6) is -2.97. The summed E-state index contributed by atoms with van der Waals surface area (Å²) in [6, 6.07) is 15.7. The molecule has 0 fully saturated rings. The number of esters is 2. The summed E-state index contributed by atoms with van der Waals surface area (Å²) in [6.07, 6.45) is 3.20. The van der Waals surface area contributed by atoms with Crippen LogP contribution >= 0.6 is 0 Å². The van der Waals surface area contributed by atoms with Crippen LogP contribution in [0.4, 0.5) is 4.79 Å². The number of hydrogen-bond donors (Lipinski definition) is 3. The highest BCUT2D eigenvalue weighted by Gasteiger charge is 2.28. The molecule has 0 spiro atoms. The molecule has 14 nitrogen and oxygen atoms in total. The van der Waals surface area contributed by atoms with E-state index in [4.69, 9.17) is 18.9 Å². The van der Waals surface area contributed by atoms with Gasteiger partial charge in [-0.05, 0) is 48.9 Å². The van der Waals surface area contributed by atoms with Crippen molar-refractivity contribution < 1.29 is 53.1 Å². The maximum atomic E-state index is 12.7. The Kier molecular flexibility index (Phi) is 20.3. The van der Waals surface area contributed by atoms with Crippen molar-refractivity contribution in [3.05, 3.63) is 65.7 Å². The van der Waals surface area contributed by atoms with Gasteiger partial charge in [-0.2, -0.15) is 0 Å². The molecule has 0 heterocycles. The van der Waals surface area contributed by atoms with E-state index < -0.39 is 49.1 Å². The molecule has 0 bridgehead atoms. The number of alkyl carbamates (subject to hydrolysis) is 1. The Morgan fingerprint density at radius 3 is 1.92 bits per heavy atom. The van der Waals surface area contributed by atoms with Crippen molar-refractivity contribution in [1.82, 2.24) is 15.1 Å². The standard InChI is InChI=1S/C36H51N3O11/c1-3-5-18-48-34(44)25-38(23-32(40)41)22-30(39(24-33(42)43)26-35(45)49-19-6-4-2)21-28-13-15-31(16-14-28)47-20-10-17-37-36(46)50-27-29-11-8-7-9-12-29/h7-9,11-16,30H,3-6,10,17-27H2,1-2H3,(H,37,46)(H,40,41)(H,42,43). The highest BCUT2D eigenvalue weighted by molar-refractivity contribution is 5.75. The number of nitrogens with zero attached hydrogens (tertiary/aromatic N) is 2. The summed E-state index contributed by atoms with van der Waals surface area (Å²) in [5, 5.41) is 22.0. The molecule has 0 aliphatic carbocycles. The van der Waals surface area contributed by atoms with E-state index in [0.717, 1.165) is 24.0 Å². The Hall–Kier alpha value is -4.69. The van der Waals surface area contributed by atoms with Crippen LogP contribution in [0, 0.1) is 0 Å². The number of carboxylic acid groups (broad SMARTS) is 2. The molecule has 14 heteroatoms. The average molecular weight is 702 g/mol. The SMILES string of the molecule is CCCCOC(=O)CN(CC(=O)O)CC(Cc1ccc(OCCCNC(=O)OCc2ccccc2)cc1)N(CC(=O)O)CC(=O)OCCCC. The first-order valence-corrected chi connectivity index (χ1v) is 17.0. The van der Waals surface area contributed by atoms with Gasteiger partial charge in [0.15, 0.2) is 0 Å². The highest BCUT2D eigenvalue weighted by Crippen LogP contribution is 2.17. The molecule has 0 aliphatic rings. The van der Waals surface area contributed by atoms with Gasteiger partial charge < -0.3 is 34.5 Å². The van der Waals surface area contributed by atoms with Gasteiger partial charge in [-0.15, -0.1) is 0 Å². The van der Waals surface area contributed by atoms with E-state index in [1.165, 1.54) is 9.80 Å². The number of ether oxygens (including phenoxy) is 4. The second kappa shape index (κ2) is 24.4. The summed E-state index contributed by atoms with van der Waals surface area (Å²) in [4.78, 5) is 63.6. The molecule has 276 valence electrons. The van der Waals surface area contributed by atoms with Crippen LogP contribution in [-0.4, -0.2) is 115 Å². The maximum Gasteiger partial charge on any atom is 0.407 e. The number of amides is 1. The Morgan fingerprint density at radius 2 is 1.32 bits per heavy atom. The molecule has 0 aromatic heterocycles. The number of carbonyl (C=O) groups is 5. The van der Waals surface area contributed by atoms with Gasteiger partial charge in [-0.25, -0.2) is 4.79 Å². The number of unbranched alkanes of at least 4 members (excludes halogenated alkanes) is 2. The number of carbonyl (C=O) groups excluding carboxylic acids is 3. The molecule has 2 aromatic rings. The molecule has 2 rings (SSSR count). The summed E-state index contributed by atoms with van der Waals surface area (Å²) in [7, 11) is 0. The molecule has 50 heavy (non-hydrogen) atoms. The second-order valence-electron chi connectivity index (χ2n) is 11.7. The molecule has 0 saturated heterocycles. The normalized spacial score (nSPS) is 11.5. The van der Waals surface area contributed by atoms with Crippen LogP contribution in [0.25, 0.3) is 0 Å². The third kappa shape index (κ3) is 18.7. The lowest BCUT2D eigenvalue weighted by Gasteiger charge is -2.33. The van der Waals surface area contributed by atoms with Gasteiger partial charge in [-0.1, -0.05) is 69.2 Å². The van der Waals surface area contributed by atoms with Crippen molar-refractivity contribution in [2.45, 2.75) is 65.0 Å². The minimum absolute atomic E-state index is 0.0380. The Labute approximate surface area is 293 Å². The first-order chi connectivity index (χ1) is 24.1. The number of hydrogen-bond acceptors (Lipinski definition) is 11. The fraction of sp³-hybridized carbons (Fsp3) is 0.528. The minimum Gasteiger partial charge on any atom is -0.494 e. The molecular weight excluding hydrogens is 650 g/mol. The zero-order valence-electron chi connectivity index (χ0n) is 29.1. The first-order valence-electron chi connectivity index (χ1n) is 17.0. The summed E-state index contributed by atoms with van der Waals surface area (Å²) in [6.45, 7) is 3.47. The van der Waals surface area contributed by atoms with Crippen molar-refractivity contribution in [1.29, 1.82) is 0 Å². The van der Waals surface area contributed by atoms with Crippen LogP contribution in [0.2, 0.25) is 0 Å². The van der Waals surface area contributed by atoms with Crippen LogP contribution in [0.5, 0.6) is 5.75 Å². The van der Waals surface area contributed by atoms with Crippen LogP contribution in [-0.2, 0) is 46.4 Å². The van der Waals surface area contributed by atoms with Gasteiger partial charge in [0.05, 0.1) is 46.0 Å². The molecule has 0 aliphatic heterocycles. The van der Waals surface area contributed by atoms with Gasteiger partial charge in [0.1, 0.15) is 12.4 Å². The lowest BCUT2D eigenvalue weighted by molar-refractivity contribution is -0.150. The van der Waals surface area contributed by atoms with Crippen LogP contribution < -0.4 is 10.1 Å². The Bertz CT molecular complexity index is 1310. The predicted octanol–water partition coefficient (Wildman–Crippen LogP) is 3.75. The van der Waals surface area contributed by atoms with Crippen LogP contribution in [0.15, 0.2) is 54.6 Å². The van der Waals surface area contributed by atoms with Crippen molar-refractivity contribution in [2.75, 3.05) is 59.1 Å². The van der Waals surface area contributed by atoms with Crippen LogP contribution in [0.1, 0.15) is 57.1 Å². The molecule has 1 atom stereocenters. The molecular formula is C36H51N3O11. The Morgan fingerprint density at radius 1 is 0.700 bits per heavy atom. The minimum atomic E-state index is -1.18. The fourth-order valence-corrected chi connectivity index (χ4v) is 4.79. The van der Waals surface area contributed by atoms with E-state index in [1.54, 1.807) is 24.3 Å². The van der Waals surface area contributed by atoms with E-state index in [0.29, 0.717) is 38.2 Å². The van der Waals surface area contributed by atoms with Crippen LogP contribution in [0.3, 0.4) is 0 Å². The van der Waals surface area contributed by atoms with Gasteiger partial charge in [0, 0.05) is 19.1 Å². The van der Waals surface area contributed by atoms with Crippen molar-refractivity contribution in [3.63, 3.8) is 0 Å². The molecule has 2 aromatic carbocycles. The summed E-state index contributed by atoms with van der Waals surface area (Å²) >= 11 is 0. The van der Waals surface area contributed by atoms with E-state index in [2.05, 4.69) is 5.32 Å². The lowest BCUT2D eigenvalue weighted by atomic mass is 10.0. The topological polar surface area (TPSA) is 181 Å². The molecule has 3 N–H and O–H groups in total. The maximum absolute atomic E-state index is 12.7. The quantitative estimate of drug-likeness (QED) is 0.0734. The zero-order valence-corrected chi connectivity index (χ0v) is 29.1. The highest BCUT2D eigenvalue weighted by atomic mass is 16.6. The number of carboxylic acids is 2. The van der Waals surface area contributed by atoms with Gasteiger partial charge in [0.25, 0.3) is 0 Å². The van der Waals surface area contributed by atoms with Crippen molar-refractivity contribution in [2.24, 2.45) is 0 Å². The third-order valence-electron chi connectivity index (χ3n) is 7.36. The smallest absolute Gasteiger partial charge is 0.407 e. The van der Waals surface area contributed by atoms with Gasteiger partial charge >= 0.3 is 30.0 Å². The fourth-order valence-electron chi connectivity index (χ4n) is 4.79. The summed E-state index contributed by atoms with van der Waals surface area (Å²) < 4.78 is 21.5. The van der Waals surface area contributed by atoms with E-state index in [1.807, 2.05) is 44.2 Å². The molecule has 0 saturated carbocycles. The lowest BCUT2D eigenvalue weighted by Crippen LogP contribution is -2.51. The van der Waals surface area contributed by atoms with Gasteiger partial charge in [-0.3, -0.25) is 29.0 Å². The monoisotopic (exact) mass is 701 g/mol. The second-order valence-corrected chi connectivity index (χ2v) is 11.7. The Balaban J connectivity index is 2.06. The number of benzene rings is 2. The number of rotatable bonds is 26. The molecule has 0 radical (unpaired) electrons.